The lowest BCUT2D eigenvalue weighted by Gasteiger charge is -2.21. The summed E-state index contributed by atoms with van der Waals surface area (Å²) in [6.07, 6.45) is 6.51. The number of carbonyl (C=O) groups is 1. The third-order valence-electron chi connectivity index (χ3n) is 4.96. The SMILES string of the molecule is Cc1ccc(Cn2nc(C)c(C=CC(=O)OCC3CCCCO3)c2C)cc1. The Morgan fingerprint density at radius 1 is 1.26 bits per heavy atom. The van der Waals surface area contributed by atoms with Gasteiger partial charge in [0.25, 0.3) is 0 Å². The van der Waals surface area contributed by atoms with E-state index in [0.717, 1.165) is 42.8 Å². The summed E-state index contributed by atoms with van der Waals surface area (Å²) in [7, 11) is 0. The highest BCUT2D eigenvalue weighted by Crippen LogP contribution is 2.17. The van der Waals surface area contributed by atoms with Gasteiger partial charge in [-0.05, 0) is 51.7 Å². The van der Waals surface area contributed by atoms with Crippen molar-refractivity contribution in [1.29, 1.82) is 0 Å². The van der Waals surface area contributed by atoms with Crippen molar-refractivity contribution in [2.75, 3.05) is 13.2 Å². The smallest absolute Gasteiger partial charge is 0.330 e. The van der Waals surface area contributed by atoms with Gasteiger partial charge in [-0.1, -0.05) is 29.8 Å². The minimum atomic E-state index is -0.339. The van der Waals surface area contributed by atoms with Crippen molar-refractivity contribution in [2.24, 2.45) is 0 Å². The highest BCUT2D eigenvalue weighted by Gasteiger charge is 2.15. The molecule has 2 heterocycles. The van der Waals surface area contributed by atoms with Crippen LogP contribution in [0.25, 0.3) is 6.08 Å². The summed E-state index contributed by atoms with van der Waals surface area (Å²) in [5.41, 5.74) is 5.35. The van der Waals surface area contributed by atoms with Crippen LogP contribution in [0.2, 0.25) is 0 Å². The lowest BCUT2D eigenvalue weighted by atomic mass is 10.1. The van der Waals surface area contributed by atoms with Gasteiger partial charge in [0.2, 0.25) is 0 Å². The van der Waals surface area contributed by atoms with Crippen molar-refractivity contribution < 1.29 is 14.3 Å². The topological polar surface area (TPSA) is 53.4 Å². The second-order valence-electron chi connectivity index (χ2n) is 7.18. The Hall–Kier alpha value is -2.40. The van der Waals surface area contributed by atoms with Gasteiger partial charge < -0.3 is 9.47 Å². The van der Waals surface area contributed by atoms with E-state index in [1.807, 2.05) is 18.5 Å². The van der Waals surface area contributed by atoms with Crippen LogP contribution in [0.3, 0.4) is 0 Å². The molecule has 0 radical (unpaired) electrons. The van der Waals surface area contributed by atoms with Crippen molar-refractivity contribution >= 4 is 12.0 Å². The molecular weight excluding hydrogens is 340 g/mol. The molecule has 3 rings (SSSR count). The minimum Gasteiger partial charge on any atom is -0.460 e. The zero-order valence-corrected chi connectivity index (χ0v) is 16.4. The quantitative estimate of drug-likeness (QED) is 0.572. The predicted octanol–water partition coefficient (Wildman–Crippen LogP) is 3.98. The van der Waals surface area contributed by atoms with E-state index >= 15 is 0 Å². The summed E-state index contributed by atoms with van der Waals surface area (Å²) in [5, 5.41) is 4.62. The third kappa shape index (κ3) is 5.30. The fraction of sp³-hybridized carbons (Fsp3) is 0.455. The standard InChI is InChI=1S/C22H28N2O3/c1-16-7-9-19(10-8-16)14-24-18(3)21(17(2)23-24)11-12-22(25)27-15-20-6-4-5-13-26-20/h7-12,20H,4-6,13-15H2,1-3H3. The van der Waals surface area contributed by atoms with Crippen LogP contribution in [-0.2, 0) is 20.8 Å². The zero-order chi connectivity index (χ0) is 19.2. The normalized spacial score (nSPS) is 17.4. The molecule has 144 valence electrons. The maximum absolute atomic E-state index is 12.0. The minimum absolute atomic E-state index is 0.0387. The van der Waals surface area contributed by atoms with Gasteiger partial charge in [-0.3, -0.25) is 4.68 Å². The molecule has 1 aliphatic rings. The van der Waals surface area contributed by atoms with Crippen LogP contribution >= 0.6 is 0 Å². The molecule has 1 unspecified atom stereocenters. The van der Waals surface area contributed by atoms with Crippen LogP contribution in [-0.4, -0.2) is 35.1 Å². The summed E-state index contributed by atoms with van der Waals surface area (Å²) in [6, 6.07) is 8.44. The highest BCUT2D eigenvalue weighted by atomic mass is 16.6. The van der Waals surface area contributed by atoms with E-state index < -0.39 is 0 Å². The Bertz CT molecular complexity index is 800. The number of nitrogens with zero attached hydrogens (tertiary/aromatic N) is 2. The van der Waals surface area contributed by atoms with E-state index in [1.54, 1.807) is 6.08 Å². The molecule has 2 aromatic rings. The van der Waals surface area contributed by atoms with Crippen LogP contribution in [0.5, 0.6) is 0 Å². The Balaban J connectivity index is 1.60. The van der Waals surface area contributed by atoms with Crippen LogP contribution in [0.1, 0.15) is 47.3 Å². The molecular formula is C22H28N2O3. The molecule has 27 heavy (non-hydrogen) atoms. The Kier molecular flexibility index (Phi) is 6.45. The average molecular weight is 368 g/mol. The molecule has 1 atom stereocenters. The van der Waals surface area contributed by atoms with Crippen LogP contribution in [0, 0.1) is 20.8 Å². The van der Waals surface area contributed by atoms with Crippen LogP contribution < -0.4 is 0 Å². The van der Waals surface area contributed by atoms with Crippen molar-refractivity contribution in [2.45, 2.75) is 52.7 Å². The van der Waals surface area contributed by atoms with Crippen LogP contribution in [0.4, 0.5) is 0 Å². The summed E-state index contributed by atoms with van der Waals surface area (Å²) in [4.78, 5) is 12.0. The maximum Gasteiger partial charge on any atom is 0.330 e. The number of rotatable bonds is 6. The van der Waals surface area contributed by atoms with Crippen molar-refractivity contribution in [3.05, 3.63) is 58.4 Å². The molecule has 1 aromatic carbocycles. The van der Waals surface area contributed by atoms with Crippen molar-refractivity contribution in [1.82, 2.24) is 9.78 Å². The van der Waals surface area contributed by atoms with Gasteiger partial charge in [-0.15, -0.1) is 0 Å². The van der Waals surface area contributed by atoms with Gasteiger partial charge in [-0.25, -0.2) is 4.79 Å². The molecule has 0 bridgehead atoms. The fourth-order valence-corrected chi connectivity index (χ4v) is 3.29. The number of benzene rings is 1. The number of carbonyl (C=O) groups excluding carboxylic acids is 1. The predicted molar refractivity (Wildman–Crippen MR) is 106 cm³/mol. The van der Waals surface area contributed by atoms with Crippen molar-refractivity contribution in [3.63, 3.8) is 0 Å². The summed E-state index contributed by atoms with van der Waals surface area (Å²) >= 11 is 0. The van der Waals surface area contributed by atoms with E-state index in [2.05, 4.69) is 36.3 Å². The van der Waals surface area contributed by atoms with Gasteiger partial charge in [0, 0.05) is 23.9 Å². The first-order chi connectivity index (χ1) is 13.0. The molecule has 0 spiro atoms. The first kappa shape index (κ1) is 19.4. The number of hydrogen-bond acceptors (Lipinski definition) is 4. The number of aryl methyl sites for hydroxylation is 2. The molecule has 1 aromatic heterocycles. The van der Waals surface area contributed by atoms with Gasteiger partial charge in [0.1, 0.15) is 6.61 Å². The number of ether oxygens (including phenoxy) is 2. The Morgan fingerprint density at radius 2 is 2.04 bits per heavy atom. The molecule has 0 aliphatic carbocycles. The fourth-order valence-electron chi connectivity index (χ4n) is 3.29. The largest absolute Gasteiger partial charge is 0.460 e. The van der Waals surface area contributed by atoms with Crippen molar-refractivity contribution in [3.8, 4) is 0 Å². The molecule has 0 saturated carbocycles. The van der Waals surface area contributed by atoms with Gasteiger partial charge in [0.15, 0.2) is 0 Å². The summed E-state index contributed by atoms with van der Waals surface area (Å²) in [5.74, 6) is -0.339. The highest BCUT2D eigenvalue weighted by molar-refractivity contribution is 5.87. The monoisotopic (exact) mass is 368 g/mol. The van der Waals surface area contributed by atoms with Gasteiger partial charge in [0.05, 0.1) is 18.3 Å². The maximum atomic E-state index is 12.0. The lowest BCUT2D eigenvalue weighted by molar-refractivity contribution is -0.143. The van der Waals surface area contributed by atoms with E-state index in [4.69, 9.17) is 9.47 Å². The number of esters is 1. The lowest BCUT2D eigenvalue weighted by Crippen LogP contribution is -2.25. The molecule has 0 amide bonds. The van der Waals surface area contributed by atoms with E-state index in [-0.39, 0.29) is 12.1 Å². The first-order valence-corrected chi connectivity index (χ1v) is 9.59. The molecule has 5 nitrogen and oxygen atoms in total. The molecule has 1 fully saturated rings. The number of aromatic nitrogens is 2. The summed E-state index contributed by atoms with van der Waals surface area (Å²) in [6.45, 7) is 7.86. The molecule has 1 saturated heterocycles. The average Bonchev–Trinajstić information content (AvgIpc) is 2.94. The Morgan fingerprint density at radius 3 is 2.74 bits per heavy atom. The van der Waals surface area contributed by atoms with Gasteiger partial charge >= 0.3 is 5.97 Å². The Labute approximate surface area is 161 Å². The molecule has 5 heteroatoms. The zero-order valence-electron chi connectivity index (χ0n) is 16.4. The van der Waals surface area contributed by atoms with Crippen LogP contribution in [0.15, 0.2) is 30.3 Å². The van der Waals surface area contributed by atoms with E-state index in [1.165, 1.54) is 17.2 Å². The van der Waals surface area contributed by atoms with E-state index in [9.17, 15) is 4.79 Å². The van der Waals surface area contributed by atoms with E-state index in [0.29, 0.717) is 13.2 Å². The van der Waals surface area contributed by atoms with Gasteiger partial charge in [-0.2, -0.15) is 5.10 Å². The second kappa shape index (κ2) is 9.00. The molecule has 0 N–H and O–H groups in total. The molecule has 1 aliphatic heterocycles. The summed E-state index contributed by atoms with van der Waals surface area (Å²) < 4.78 is 12.9. The first-order valence-electron chi connectivity index (χ1n) is 9.59. The third-order valence-corrected chi connectivity index (χ3v) is 4.96. The number of hydrogen-bond donors (Lipinski definition) is 0. The second-order valence-corrected chi connectivity index (χ2v) is 7.18.